The third-order valence-electron chi connectivity index (χ3n) is 3.98. The summed E-state index contributed by atoms with van der Waals surface area (Å²) in [6, 6.07) is 8.69. The molecule has 0 saturated carbocycles. The topological polar surface area (TPSA) is 61.8 Å². The minimum atomic E-state index is -0.960. The lowest BCUT2D eigenvalue weighted by atomic mass is 9.83. The van der Waals surface area contributed by atoms with E-state index in [0.29, 0.717) is 11.5 Å². The van der Waals surface area contributed by atoms with E-state index in [2.05, 4.69) is 0 Å². The van der Waals surface area contributed by atoms with Crippen LogP contribution in [0.4, 0.5) is 0 Å². The summed E-state index contributed by atoms with van der Waals surface area (Å²) in [5.74, 6) is 0.175. The van der Waals surface area contributed by atoms with Crippen molar-refractivity contribution in [1.29, 1.82) is 0 Å². The molecule has 5 nitrogen and oxygen atoms in total. The monoisotopic (exact) mass is 304 g/mol. The maximum Gasteiger partial charge on any atom is 0.313 e. The fourth-order valence-corrected chi connectivity index (χ4v) is 2.53. The molecule has 1 aromatic rings. The van der Waals surface area contributed by atoms with Crippen LogP contribution in [0.25, 0.3) is 5.70 Å². The quantitative estimate of drug-likeness (QED) is 0.800. The highest BCUT2D eigenvalue weighted by molar-refractivity contribution is 5.78. The van der Waals surface area contributed by atoms with E-state index < -0.39 is 17.4 Å². The summed E-state index contributed by atoms with van der Waals surface area (Å²) in [6.07, 6.45) is 0. The Kier molecular flexibility index (Phi) is 4.76. The Balaban J connectivity index is 2.34. The van der Waals surface area contributed by atoms with Crippen LogP contribution in [-0.4, -0.2) is 30.3 Å². The van der Waals surface area contributed by atoms with Crippen LogP contribution in [-0.2, 0) is 14.3 Å². The molecule has 0 saturated heterocycles. The zero-order chi connectivity index (χ0) is 16.3. The van der Waals surface area contributed by atoms with Crippen LogP contribution in [0, 0.1) is 10.6 Å². The van der Waals surface area contributed by atoms with Crippen molar-refractivity contribution in [3.8, 4) is 0 Å². The van der Waals surface area contributed by atoms with Gasteiger partial charge in [-0.3, -0.25) is 4.79 Å². The molecule has 0 spiro atoms. The van der Waals surface area contributed by atoms with Crippen molar-refractivity contribution >= 4 is 11.7 Å². The number of nitrogens with zero attached hydrogens (tertiary/aromatic N) is 1. The highest BCUT2D eigenvalue weighted by atomic mass is 16.5. The minimum Gasteiger partial charge on any atom is -0.758 e. The molecule has 1 atom stereocenters. The van der Waals surface area contributed by atoms with Crippen LogP contribution in [0.2, 0.25) is 0 Å². The van der Waals surface area contributed by atoms with Gasteiger partial charge >= 0.3 is 5.97 Å². The molecule has 0 N–H and O–H groups in total. The molecule has 2 rings (SSSR count). The zero-order valence-corrected chi connectivity index (χ0v) is 13.5. The Morgan fingerprint density at radius 2 is 2.05 bits per heavy atom. The highest BCUT2D eigenvalue weighted by Gasteiger charge is 2.42. The van der Waals surface area contributed by atoms with E-state index in [4.69, 9.17) is 9.47 Å². The molecule has 0 amide bonds. The molecule has 120 valence electrons. The van der Waals surface area contributed by atoms with E-state index in [1.807, 2.05) is 30.3 Å². The smallest absolute Gasteiger partial charge is 0.313 e. The first-order valence-electron chi connectivity index (χ1n) is 7.42. The Hall–Kier alpha value is -2.01. The molecule has 0 aromatic heterocycles. The Morgan fingerprint density at radius 3 is 2.64 bits per heavy atom. The predicted octanol–water partition coefficient (Wildman–Crippen LogP) is 3.16. The molecule has 1 aromatic carbocycles. The summed E-state index contributed by atoms with van der Waals surface area (Å²) >= 11 is 0. The molecule has 22 heavy (non-hydrogen) atoms. The van der Waals surface area contributed by atoms with Gasteiger partial charge in [0, 0.05) is 5.56 Å². The number of hydrogen-bond acceptors (Lipinski definition) is 5. The number of carbonyl (C=O) groups excluding carboxylic acids is 1. The lowest BCUT2D eigenvalue weighted by molar-refractivity contribution is -0.157. The van der Waals surface area contributed by atoms with Crippen molar-refractivity contribution in [3.63, 3.8) is 0 Å². The zero-order valence-electron chi connectivity index (χ0n) is 13.5. The van der Waals surface area contributed by atoms with Crippen LogP contribution in [0.3, 0.4) is 0 Å². The summed E-state index contributed by atoms with van der Waals surface area (Å²) in [4.78, 5) is 12.2. The number of carbonyl (C=O) groups is 1. The molecule has 1 unspecified atom stereocenters. The van der Waals surface area contributed by atoms with Gasteiger partial charge < -0.3 is 19.7 Å². The summed E-state index contributed by atoms with van der Waals surface area (Å²) in [5, 5.41) is 13.8. The number of hydroxylamine groups is 2. The van der Waals surface area contributed by atoms with E-state index in [1.165, 1.54) is 0 Å². The maximum absolute atomic E-state index is 12.9. The van der Waals surface area contributed by atoms with Crippen LogP contribution in [0.1, 0.15) is 33.3 Å². The van der Waals surface area contributed by atoms with Crippen LogP contribution in [0.5, 0.6) is 0 Å². The second-order valence-electron chi connectivity index (χ2n) is 5.87. The van der Waals surface area contributed by atoms with E-state index in [0.717, 1.165) is 10.6 Å². The molecular weight excluding hydrogens is 282 g/mol. The fraction of sp³-hybridized carbons (Fsp3) is 0.471. The predicted molar refractivity (Wildman–Crippen MR) is 84.4 cm³/mol. The summed E-state index contributed by atoms with van der Waals surface area (Å²) < 4.78 is 10.8. The Labute approximate surface area is 131 Å². The van der Waals surface area contributed by atoms with Crippen LogP contribution in [0.15, 0.2) is 36.1 Å². The molecule has 1 aliphatic rings. The van der Waals surface area contributed by atoms with Gasteiger partial charge in [-0.1, -0.05) is 30.3 Å². The maximum atomic E-state index is 12.9. The first kappa shape index (κ1) is 16.4. The second-order valence-corrected chi connectivity index (χ2v) is 5.87. The Morgan fingerprint density at radius 1 is 1.41 bits per heavy atom. The van der Waals surface area contributed by atoms with Crippen molar-refractivity contribution in [1.82, 2.24) is 5.06 Å². The van der Waals surface area contributed by atoms with Gasteiger partial charge in [0.05, 0.1) is 23.8 Å². The van der Waals surface area contributed by atoms with Crippen molar-refractivity contribution in [2.75, 3.05) is 13.2 Å². The summed E-state index contributed by atoms with van der Waals surface area (Å²) in [6.45, 7) is 7.40. The average molecular weight is 304 g/mol. The first-order valence-corrected chi connectivity index (χ1v) is 7.42. The van der Waals surface area contributed by atoms with Gasteiger partial charge in [0.1, 0.15) is 12.4 Å². The number of rotatable bonds is 4. The third-order valence-corrected chi connectivity index (χ3v) is 3.98. The molecule has 0 aliphatic carbocycles. The normalized spacial score (nSPS) is 19.0. The number of hydrogen-bond donors (Lipinski definition) is 0. The van der Waals surface area contributed by atoms with Gasteiger partial charge in [0.25, 0.3) is 0 Å². The minimum absolute atomic E-state index is 0.164. The lowest BCUT2D eigenvalue weighted by Crippen LogP contribution is -2.51. The largest absolute Gasteiger partial charge is 0.758 e. The molecular formula is C17H22NO4-. The SMILES string of the molecule is CCOC(=O)C(C)(C)C1COC(C)=C(c2ccccc2)N1[O-]. The average Bonchev–Trinajstić information content (AvgIpc) is 2.48. The number of ether oxygens (including phenoxy) is 2. The molecule has 0 radical (unpaired) electrons. The van der Waals surface area contributed by atoms with Crippen molar-refractivity contribution in [2.45, 2.75) is 33.7 Å². The lowest BCUT2D eigenvalue weighted by Gasteiger charge is -2.49. The van der Waals surface area contributed by atoms with Gasteiger partial charge in [-0.25, -0.2) is 0 Å². The number of esters is 1. The summed E-state index contributed by atoms with van der Waals surface area (Å²) in [5.41, 5.74) is 0.284. The van der Waals surface area contributed by atoms with Gasteiger partial charge in [-0.2, -0.15) is 0 Å². The van der Waals surface area contributed by atoms with E-state index >= 15 is 0 Å². The van der Waals surface area contributed by atoms with Gasteiger partial charge in [0.15, 0.2) is 0 Å². The molecule has 5 heteroatoms. The van der Waals surface area contributed by atoms with Crippen LogP contribution >= 0.6 is 0 Å². The molecule has 0 bridgehead atoms. The molecule has 1 heterocycles. The highest BCUT2D eigenvalue weighted by Crippen LogP contribution is 2.37. The van der Waals surface area contributed by atoms with Crippen molar-refractivity contribution in [2.24, 2.45) is 5.41 Å². The molecule has 1 aliphatic heterocycles. The van der Waals surface area contributed by atoms with Gasteiger partial charge in [-0.05, 0) is 27.7 Å². The summed E-state index contributed by atoms with van der Waals surface area (Å²) in [7, 11) is 0. The van der Waals surface area contributed by atoms with Crippen molar-refractivity contribution < 1.29 is 14.3 Å². The second kappa shape index (κ2) is 6.40. The number of benzene rings is 1. The third kappa shape index (κ3) is 2.95. The molecule has 0 fully saturated rings. The standard InChI is InChI=1S/C17H22NO4/c1-5-21-16(19)17(3,4)14-11-22-12(2)15(18(14)20)13-9-7-6-8-10-13/h6-10,14H,5,11H2,1-4H3/q-1. The van der Waals surface area contributed by atoms with Crippen LogP contribution < -0.4 is 0 Å². The van der Waals surface area contributed by atoms with E-state index in [1.54, 1.807) is 27.7 Å². The Bertz CT molecular complexity index is 565. The van der Waals surface area contributed by atoms with Gasteiger partial charge in [-0.15, -0.1) is 0 Å². The van der Waals surface area contributed by atoms with Gasteiger partial charge in [0.2, 0.25) is 0 Å². The van der Waals surface area contributed by atoms with E-state index in [9.17, 15) is 10.0 Å². The number of allylic oxidation sites excluding steroid dienone is 1. The first-order chi connectivity index (χ1) is 10.4. The fourth-order valence-electron chi connectivity index (χ4n) is 2.53. The van der Waals surface area contributed by atoms with Crippen molar-refractivity contribution in [3.05, 3.63) is 46.9 Å². The van der Waals surface area contributed by atoms with E-state index in [-0.39, 0.29) is 13.2 Å².